The minimum Gasteiger partial charge on any atom is -0.346 e. The molecule has 1 amide bonds. The summed E-state index contributed by atoms with van der Waals surface area (Å²) in [7, 11) is 0. The molecule has 0 bridgehead atoms. The van der Waals surface area contributed by atoms with Gasteiger partial charge in [0.15, 0.2) is 10.9 Å². The van der Waals surface area contributed by atoms with E-state index in [4.69, 9.17) is 11.6 Å². The normalized spacial score (nSPS) is 10.8. The van der Waals surface area contributed by atoms with E-state index in [0.717, 1.165) is 16.8 Å². The molecule has 0 aliphatic carbocycles. The number of aryl methyl sites for hydroxylation is 1. The van der Waals surface area contributed by atoms with Crippen LogP contribution in [0.4, 0.5) is 0 Å². The van der Waals surface area contributed by atoms with Gasteiger partial charge in [-0.05, 0) is 36.8 Å². The molecule has 0 atom stereocenters. The van der Waals surface area contributed by atoms with Crippen molar-refractivity contribution in [3.05, 3.63) is 94.5 Å². The van der Waals surface area contributed by atoms with Gasteiger partial charge in [0.25, 0.3) is 5.91 Å². The molecule has 2 aromatic heterocycles. The molecule has 0 saturated carbocycles. The predicted octanol–water partition coefficient (Wildman–Crippen LogP) is 4.24. The van der Waals surface area contributed by atoms with Crippen molar-refractivity contribution in [2.75, 3.05) is 0 Å². The maximum Gasteiger partial charge on any atom is 0.274 e. The van der Waals surface area contributed by atoms with Crippen molar-refractivity contribution in [1.82, 2.24) is 30.3 Å². The Morgan fingerprint density at radius 3 is 2.55 bits per heavy atom. The van der Waals surface area contributed by atoms with Crippen LogP contribution in [0.25, 0.3) is 5.69 Å². The fraction of sp³-hybridized carbons (Fsp3) is 0.136. The second-order valence-corrected chi connectivity index (χ2v) is 8.08. The van der Waals surface area contributed by atoms with Gasteiger partial charge in [-0.2, -0.15) is 0 Å². The lowest BCUT2D eigenvalue weighted by Gasteiger charge is -2.09. The monoisotopic (exact) mass is 450 g/mol. The Kier molecular flexibility index (Phi) is 6.59. The molecule has 156 valence electrons. The van der Waals surface area contributed by atoms with Gasteiger partial charge in [-0.3, -0.25) is 4.79 Å². The van der Waals surface area contributed by atoms with Gasteiger partial charge in [0.05, 0.1) is 11.4 Å². The lowest BCUT2D eigenvalue weighted by Crippen LogP contribution is -2.24. The van der Waals surface area contributed by atoms with Crippen molar-refractivity contribution in [3.8, 4) is 5.69 Å². The molecule has 0 unspecified atom stereocenters. The van der Waals surface area contributed by atoms with Gasteiger partial charge in [0.2, 0.25) is 0 Å². The van der Waals surface area contributed by atoms with Crippen LogP contribution in [0.3, 0.4) is 0 Å². The quantitative estimate of drug-likeness (QED) is 0.335. The van der Waals surface area contributed by atoms with Crippen molar-refractivity contribution in [2.45, 2.75) is 24.4 Å². The average molecular weight is 451 g/mol. The molecule has 2 aromatic carbocycles. The molecule has 0 aliphatic rings. The minimum atomic E-state index is -0.317. The fourth-order valence-electron chi connectivity index (χ4n) is 2.89. The predicted molar refractivity (Wildman–Crippen MR) is 120 cm³/mol. The van der Waals surface area contributed by atoms with E-state index in [9.17, 15) is 4.79 Å². The largest absolute Gasteiger partial charge is 0.346 e. The molecule has 4 aromatic rings. The zero-order valence-electron chi connectivity index (χ0n) is 16.7. The van der Waals surface area contributed by atoms with Gasteiger partial charge in [-0.25, -0.2) is 14.6 Å². The standard InChI is InChI=1S/C22H19ClN6OS/c1-15-7-9-17(10-8-15)29-19(14-31-22-24-11-4-12-25-22)20(27-28-29)21(30)26-13-16-5-2-3-6-18(16)23/h2-12H,13-14H2,1H3,(H,26,30). The Morgan fingerprint density at radius 1 is 1.06 bits per heavy atom. The SMILES string of the molecule is Cc1ccc(-n2nnc(C(=O)NCc3ccccc3Cl)c2CSc2ncccn2)cc1. The second kappa shape index (κ2) is 9.72. The first-order chi connectivity index (χ1) is 15.1. The van der Waals surface area contributed by atoms with Gasteiger partial charge in [-0.1, -0.05) is 64.5 Å². The maximum atomic E-state index is 12.9. The number of hydrogen-bond donors (Lipinski definition) is 1. The molecule has 0 radical (unpaired) electrons. The van der Waals surface area contributed by atoms with E-state index in [2.05, 4.69) is 25.6 Å². The number of halogens is 1. The summed E-state index contributed by atoms with van der Waals surface area (Å²) in [6.07, 6.45) is 3.37. The Morgan fingerprint density at radius 2 is 1.81 bits per heavy atom. The molecule has 0 saturated heterocycles. The van der Waals surface area contributed by atoms with E-state index in [1.165, 1.54) is 11.8 Å². The molecule has 7 nitrogen and oxygen atoms in total. The molecule has 1 N–H and O–H groups in total. The Labute approximate surface area is 188 Å². The molecular weight excluding hydrogens is 432 g/mol. The summed E-state index contributed by atoms with van der Waals surface area (Å²) in [5.74, 6) is 0.113. The average Bonchev–Trinajstić information content (AvgIpc) is 3.22. The molecule has 0 spiro atoms. The highest BCUT2D eigenvalue weighted by molar-refractivity contribution is 7.98. The number of nitrogens with one attached hydrogen (secondary N) is 1. The minimum absolute atomic E-state index is 0.260. The van der Waals surface area contributed by atoms with Crippen molar-refractivity contribution in [3.63, 3.8) is 0 Å². The summed E-state index contributed by atoms with van der Waals surface area (Å²) < 4.78 is 1.68. The van der Waals surface area contributed by atoms with Crippen LogP contribution in [0.2, 0.25) is 5.02 Å². The molecule has 4 rings (SSSR count). The van der Waals surface area contributed by atoms with Crippen LogP contribution in [0.15, 0.2) is 72.1 Å². The van der Waals surface area contributed by atoms with E-state index in [0.29, 0.717) is 28.2 Å². The van der Waals surface area contributed by atoms with Crippen LogP contribution in [-0.2, 0) is 12.3 Å². The Balaban J connectivity index is 1.60. The summed E-state index contributed by atoms with van der Waals surface area (Å²) in [4.78, 5) is 21.4. The van der Waals surface area contributed by atoms with Crippen LogP contribution in [-0.4, -0.2) is 30.9 Å². The highest BCUT2D eigenvalue weighted by atomic mass is 35.5. The summed E-state index contributed by atoms with van der Waals surface area (Å²) >= 11 is 7.61. The van der Waals surface area contributed by atoms with E-state index in [1.807, 2.05) is 49.4 Å². The van der Waals surface area contributed by atoms with Crippen LogP contribution >= 0.6 is 23.4 Å². The molecule has 0 aliphatic heterocycles. The van der Waals surface area contributed by atoms with Crippen LogP contribution in [0.5, 0.6) is 0 Å². The van der Waals surface area contributed by atoms with E-state index >= 15 is 0 Å². The zero-order chi connectivity index (χ0) is 21.6. The number of amides is 1. The third-order valence-electron chi connectivity index (χ3n) is 4.53. The number of carbonyl (C=O) groups is 1. The third kappa shape index (κ3) is 5.10. The number of rotatable bonds is 7. The van der Waals surface area contributed by atoms with Crippen LogP contribution in [0, 0.1) is 6.92 Å². The van der Waals surface area contributed by atoms with Gasteiger partial charge >= 0.3 is 0 Å². The van der Waals surface area contributed by atoms with Crippen molar-refractivity contribution < 1.29 is 4.79 Å². The lowest BCUT2D eigenvalue weighted by atomic mass is 10.2. The van der Waals surface area contributed by atoms with E-state index < -0.39 is 0 Å². The Hall–Kier alpha value is -3.23. The summed E-state index contributed by atoms with van der Waals surface area (Å²) in [6.45, 7) is 2.31. The molecule has 9 heteroatoms. The fourth-order valence-corrected chi connectivity index (χ4v) is 3.89. The van der Waals surface area contributed by atoms with Crippen LogP contribution in [0.1, 0.15) is 27.3 Å². The van der Waals surface area contributed by atoms with Gasteiger partial charge in [-0.15, -0.1) is 5.10 Å². The third-order valence-corrected chi connectivity index (χ3v) is 5.79. The number of thioether (sulfide) groups is 1. The first-order valence-corrected chi connectivity index (χ1v) is 10.9. The molecule has 31 heavy (non-hydrogen) atoms. The number of nitrogens with zero attached hydrogens (tertiary/aromatic N) is 5. The van der Waals surface area contributed by atoms with E-state index in [1.54, 1.807) is 29.2 Å². The molecule has 2 heterocycles. The van der Waals surface area contributed by atoms with Gasteiger partial charge < -0.3 is 5.32 Å². The maximum absolute atomic E-state index is 12.9. The summed E-state index contributed by atoms with van der Waals surface area (Å²) in [5, 5.41) is 12.5. The zero-order valence-corrected chi connectivity index (χ0v) is 18.3. The highest BCUT2D eigenvalue weighted by Crippen LogP contribution is 2.23. The Bertz CT molecular complexity index is 1180. The lowest BCUT2D eigenvalue weighted by molar-refractivity contribution is 0.0945. The van der Waals surface area contributed by atoms with E-state index in [-0.39, 0.29) is 11.6 Å². The first kappa shape index (κ1) is 21.0. The van der Waals surface area contributed by atoms with Crippen molar-refractivity contribution >= 4 is 29.3 Å². The number of aromatic nitrogens is 5. The van der Waals surface area contributed by atoms with Gasteiger partial charge in [0, 0.05) is 29.7 Å². The smallest absolute Gasteiger partial charge is 0.274 e. The van der Waals surface area contributed by atoms with Gasteiger partial charge in [0.1, 0.15) is 0 Å². The summed E-state index contributed by atoms with van der Waals surface area (Å²) in [6, 6.07) is 17.0. The summed E-state index contributed by atoms with van der Waals surface area (Å²) in [5.41, 5.74) is 3.72. The molecule has 0 fully saturated rings. The second-order valence-electron chi connectivity index (χ2n) is 6.73. The molecular formula is C22H19ClN6OS. The van der Waals surface area contributed by atoms with Crippen molar-refractivity contribution in [1.29, 1.82) is 0 Å². The first-order valence-electron chi connectivity index (χ1n) is 9.55. The number of benzene rings is 2. The number of hydrogen-bond acceptors (Lipinski definition) is 6. The highest BCUT2D eigenvalue weighted by Gasteiger charge is 2.21. The van der Waals surface area contributed by atoms with Crippen LogP contribution < -0.4 is 5.32 Å². The number of carbonyl (C=O) groups excluding carboxylic acids is 1. The van der Waals surface area contributed by atoms with Crippen molar-refractivity contribution in [2.24, 2.45) is 0 Å². The topological polar surface area (TPSA) is 85.6 Å².